The van der Waals surface area contributed by atoms with E-state index in [0.29, 0.717) is 29.2 Å². The number of ether oxygens (including phenoxy) is 1. The zero-order valence-corrected chi connectivity index (χ0v) is 18.4. The lowest BCUT2D eigenvalue weighted by Crippen LogP contribution is -2.30. The zero-order chi connectivity index (χ0) is 23.1. The van der Waals surface area contributed by atoms with E-state index in [-0.39, 0.29) is 48.3 Å². The van der Waals surface area contributed by atoms with Gasteiger partial charge in [0.2, 0.25) is 17.7 Å². The number of halogens is 1. The second-order valence-electron chi connectivity index (χ2n) is 8.47. The minimum Gasteiger partial charge on any atom is -0.426 e. The molecule has 33 heavy (non-hydrogen) atoms. The van der Waals surface area contributed by atoms with Gasteiger partial charge in [0.25, 0.3) is 0 Å². The summed E-state index contributed by atoms with van der Waals surface area (Å²) in [6.45, 7) is 0.212. The smallest absolute Gasteiger partial charge is 0.316 e. The van der Waals surface area contributed by atoms with E-state index < -0.39 is 11.9 Å². The van der Waals surface area contributed by atoms with Crippen molar-refractivity contribution in [2.24, 2.45) is 17.8 Å². The lowest BCUT2D eigenvalue weighted by molar-refractivity contribution is -0.139. The van der Waals surface area contributed by atoms with E-state index in [1.807, 2.05) is 12.2 Å². The van der Waals surface area contributed by atoms with E-state index >= 15 is 0 Å². The van der Waals surface area contributed by atoms with Crippen LogP contribution in [0.2, 0.25) is 5.02 Å². The molecule has 3 aliphatic rings. The van der Waals surface area contributed by atoms with E-state index in [0.717, 1.165) is 0 Å². The van der Waals surface area contributed by atoms with Crippen LogP contribution in [0.3, 0.4) is 0 Å². The molecule has 2 heterocycles. The van der Waals surface area contributed by atoms with Gasteiger partial charge in [-0.1, -0.05) is 29.8 Å². The molecule has 2 saturated heterocycles. The Morgan fingerprint density at radius 3 is 2.21 bits per heavy atom. The maximum absolute atomic E-state index is 12.7. The van der Waals surface area contributed by atoms with E-state index in [4.69, 9.17) is 16.3 Å². The summed E-state index contributed by atoms with van der Waals surface area (Å²) in [5.74, 6) is -1.98. The Morgan fingerprint density at radius 2 is 1.58 bits per heavy atom. The van der Waals surface area contributed by atoms with Gasteiger partial charge in [-0.15, -0.1) is 0 Å². The maximum Gasteiger partial charge on any atom is 0.316 e. The molecule has 3 amide bonds. The van der Waals surface area contributed by atoms with Gasteiger partial charge in [0.05, 0.1) is 23.4 Å². The van der Waals surface area contributed by atoms with Crippen LogP contribution in [0.4, 0.5) is 11.4 Å². The largest absolute Gasteiger partial charge is 0.426 e. The Kier molecular flexibility index (Phi) is 5.50. The first-order valence-corrected chi connectivity index (χ1v) is 11.2. The van der Waals surface area contributed by atoms with Gasteiger partial charge in [-0.05, 0) is 55.3 Å². The van der Waals surface area contributed by atoms with Crippen molar-refractivity contribution in [1.29, 1.82) is 0 Å². The molecule has 0 bridgehead atoms. The fourth-order valence-corrected chi connectivity index (χ4v) is 4.86. The van der Waals surface area contributed by atoms with Crippen LogP contribution in [0.15, 0.2) is 60.7 Å². The Balaban J connectivity index is 1.24. The van der Waals surface area contributed by atoms with Gasteiger partial charge in [-0.3, -0.25) is 24.1 Å². The molecule has 2 aromatic rings. The highest BCUT2D eigenvalue weighted by atomic mass is 35.5. The van der Waals surface area contributed by atoms with E-state index in [2.05, 4.69) is 0 Å². The van der Waals surface area contributed by atoms with Crippen molar-refractivity contribution in [2.75, 3.05) is 16.3 Å². The molecule has 0 radical (unpaired) electrons. The zero-order valence-electron chi connectivity index (χ0n) is 17.6. The molecule has 0 saturated carbocycles. The van der Waals surface area contributed by atoms with Crippen molar-refractivity contribution in [3.05, 3.63) is 65.7 Å². The number of benzene rings is 2. The molecule has 8 heteroatoms. The van der Waals surface area contributed by atoms with Crippen molar-refractivity contribution in [3.63, 3.8) is 0 Å². The molecule has 3 atom stereocenters. The molecule has 2 aliphatic heterocycles. The number of fused-ring (bicyclic) bond motifs is 1. The summed E-state index contributed by atoms with van der Waals surface area (Å²) in [5, 5.41) is 0.511. The summed E-state index contributed by atoms with van der Waals surface area (Å²) in [7, 11) is 0. The van der Waals surface area contributed by atoms with Crippen molar-refractivity contribution in [1.82, 2.24) is 0 Å². The summed E-state index contributed by atoms with van der Waals surface area (Å²) < 4.78 is 5.48. The van der Waals surface area contributed by atoms with E-state index in [1.165, 1.54) is 9.80 Å². The van der Waals surface area contributed by atoms with Crippen LogP contribution in [-0.4, -0.2) is 30.2 Å². The first-order chi connectivity index (χ1) is 15.9. The van der Waals surface area contributed by atoms with Crippen molar-refractivity contribution in [2.45, 2.75) is 19.3 Å². The molecule has 0 N–H and O–H groups in total. The molecule has 1 aliphatic carbocycles. The summed E-state index contributed by atoms with van der Waals surface area (Å²) in [4.78, 5) is 53.3. The number of allylic oxidation sites excluding steroid dienone is 2. The molecule has 0 spiro atoms. The summed E-state index contributed by atoms with van der Waals surface area (Å²) in [5.41, 5.74) is 1.10. The first-order valence-electron chi connectivity index (χ1n) is 10.8. The lowest BCUT2D eigenvalue weighted by atomic mass is 9.85. The van der Waals surface area contributed by atoms with Gasteiger partial charge >= 0.3 is 5.97 Å². The third-order valence-corrected chi connectivity index (χ3v) is 6.63. The normalized spacial score (nSPS) is 24.4. The standard InChI is InChI=1S/C25H21ClN2O5/c26-16-4-3-5-18(13-16)27-14-15(12-22(27)29)25(32)33-19-10-8-17(9-11-19)28-23(30)20-6-1-2-7-21(20)24(28)31/h1-5,8-11,13,15,20-21H,6-7,12,14H2/t15-,20-,21-/m1/s1. The predicted octanol–water partition coefficient (Wildman–Crippen LogP) is 3.75. The number of rotatable bonds is 4. The molecule has 168 valence electrons. The van der Waals surface area contributed by atoms with E-state index in [1.54, 1.807) is 48.5 Å². The summed E-state index contributed by atoms with van der Waals surface area (Å²) in [6, 6.07) is 13.2. The molecule has 5 rings (SSSR count). The number of nitrogens with zero attached hydrogens (tertiary/aromatic N) is 2. The van der Waals surface area contributed by atoms with Gasteiger partial charge in [0.15, 0.2) is 0 Å². The predicted molar refractivity (Wildman–Crippen MR) is 122 cm³/mol. The highest BCUT2D eigenvalue weighted by molar-refractivity contribution is 6.31. The van der Waals surface area contributed by atoms with Crippen LogP contribution in [0, 0.1) is 17.8 Å². The van der Waals surface area contributed by atoms with Gasteiger partial charge in [0, 0.05) is 23.7 Å². The Hall–Kier alpha value is -3.45. The lowest BCUT2D eigenvalue weighted by Gasteiger charge is -2.17. The van der Waals surface area contributed by atoms with Crippen LogP contribution < -0.4 is 14.5 Å². The Labute approximate surface area is 195 Å². The number of hydrogen-bond donors (Lipinski definition) is 0. The fraction of sp³-hybridized carbons (Fsp3) is 0.280. The van der Waals surface area contributed by atoms with Gasteiger partial charge in [-0.2, -0.15) is 0 Å². The number of esters is 1. The van der Waals surface area contributed by atoms with Gasteiger partial charge in [-0.25, -0.2) is 0 Å². The molecule has 2 fully saturated rings. The van der Waals surface area contributed by atoms with Crippen molar-refractivity contribution < 1.29 is 23.9 Å². The van der Waals surface area contributed by atoms with Crippen LogP contribution in [0.5, 0.6) is 5.75 Å². The molecule has 7 nitrogen and oxygen atoms in total. The average molecular weight is 465 g/mol. The van der Waals surface area contributed by atoms with Crippen LogP contribution in [0.1, 0.15) is 19.3 Å². The van der Waals surface area contributed by atoms with Crippen LogP contribution >= 0.6 is 11.6 Å². The van der Waals surface area contributed by atoms with Gasteiger partial charge in [0.1, 0.15) is 5.75 Å². The number of carbonyl (C=O) groups is 4. The average Bonchev–Trinajstić information content (AvgIpc) is 3.32. The second-order valence-corrected chi connectivity index (χ2v) is 8.90. The molecular formula is C25H21ClN2O5. The van der Waals surface area contributed by atoms with Gasteiger partial charge < -0.3 is 9.64 Å². The monoisotopic (exact) mass is 464 g/mol. The number of imide groups is 1. The number of amides is 3. The third-order valence-electron chi connectivity index (χ3n) is 6.40. The first kappa shape index (κ1) is 21.4. The molecule has 0 unspecified atom stereocenters. The SMILES string of the molecule is O=C(Oc1ccc(N2C(=O)[C@@H]3CC=CC[C@H]3C2=O)cc1)[C@@H]1CC(=O)N(c2cccc(Cl)c2)C1. The molecular weight excluding hydrogens is 444 g/mol. The highest BCUT2D eigenvalue weighted by Gasteiger charge is 2.47. The van der Waals surface area contributed by atoms with Crippen molar-refractivity contribution in [3.8, 4) is 5.75 Å². The van der Waals surface area contributed by atoms with E-state index in [9.17, 15) is 19.2 Å². The Morgan fingerprint density at radius 1 is 0.909 bits per heavy atom. The Bertz CT molecular complexity index is 1150. The maximum atomic E-state index is 12.7. The number of carbonyl (C=O) groups excluding carboxylic acids is 4. The number of anilines is 2. The quantitative estimate of drug-likeness (QED) is 0.298. The minimum absolute atomic E-state index is 0.0526. The minimum atomic E-state index is -0.603. The highest BCUT2D eigenvalue weighted by Crippen LogP contribution is 2.38. The van der Waals surface area contributed by atoms with Crippen molar-refractivity contribution >= 4 is 46.7 Å². The third kappa shape index (κ3) is 3.93. The number of hydrogen-bond acceptors (Lipinski definition) is 5. The van der Waals surface area contributed by atoms with Crippen LogP contribution in [-0.2, 0) is 19.2 Å². The molecule has 2 aromatic carbocycles. The topological polar surface area (TPSA) is 84.0 Å². The summed E-state index contributed by atoms with van der Waals surface area (Å²) in [6.07, 6.45) is 5.10. The summed E-state index contributed by atoms with van der Waals surface area (Å²) >= 11 is 6.01. The molecule has 0 aromatic heterocycles. The van der Waals surface area contributed by atoms with Crippen LogP contribution in [0.25, 0.3) is 0 Å². The second kappa shape index (κ2) is 8.48. The fourth-order valence-electron chi connectivity index (χ4n) is 4.68.